The van der Waals surface area contributed by atoms with E-state index in [-0.39, 0.29) is 11.5 Å². The molecule has 1 aromatic carbocycles. The number of hydrogen-bond donors (Lipinski definition) is 1. The lowest BCUT2D eigenvalue weighted by molar-refractivity contribution is 0.350. The largest absolute Gasteiger partial charge is 0.493 e. The molecule has 0 saturated heterocycles. The highest BCUT2D eigenvalue weighted by Crippen LogP contribution is 2.32. The Hall–Kier alpha value is -2.20. The molecule has 2 rings (SSSR count). The Kier molecular flexibility index (Phi) is 4.85. The van der Waals surface area contributed by atoms with Crippen LogP contribution in [-0.2, 0) is 17.1 Å². The zero-order valence-corrected chi connectivity index (χ0v) is 13.9. The first-order valence-corrected chi connectivity index (χ1v) is 8.06. The van der Waals surface area contributed by atoms with E-state index in [1.165, 1.54) is 20.5 Å². The van der Waals surface area contributed by atoms with Crippen molar-refractivity contribution in [3.63, 3.8) is 0 Å². The molecule has 8 nitrogen and oxygen atoms in total. The molecule has 0 spiro atoms. The molecule has 0 aliphatic rings. The molecule has 1 aromatic heterocycles. The predicted octanol–water partition coefficient (Wildman–Crippen LogP) is 1.01. The summed E-state index contributed by atoms with van der Waals surface area (Å²) in [5.74, 6) is -0.333. The number of rotatable bonds is 6. The van der Waals surface area contributed by atoms with E-state index in [2.05, 4.69) is 14.9 Å². The lowest BCUT2D eigenvalue weighted by Crippen LogP contribution is -2.29. The van der Waals surface area contributed by atoms with Crippen LogP contribution in [0.4, 0.5) is 4.39 Å². The van der Waals surface area contributed by atoms with Crippen molar-refractivity contribution >= 4 is 10.0 Å². The average Bonchev–Trinajstić information content (AvgIpc) is 2.92. The third-order valence-electron chi connectivity index (χ3n) is 3.19. The molecular formula is C13H17FN4O4S. The van der Waals surface area contributed by atoms with Gasteiger partial charge in [0.2, 0.25) is 10.0 Å². The van der Waals surface area contributed by atoms with Gasteiger partial charge in [-0.3, -0.25) is 0 Å². The van der Waals surface area contributed by atoms with Gasteiger partial charge in [-0.05, 0) is 6.92 Å². The molecule has 0 aliphatic heterocycles. The smallest absolute Gasteiger partial charge is 0.244 e. The predicted molar refractivity (Wildman–Crippen MR) is 79.2 cm³/mol. The number of hydrogen-bond acceptors (Lipinski definition) is 6. The van der Waals surface area contributed by atoms with Crippen LogP contribution in [-0.4, -0.2) is 37.4 Å². The van der Waals surface area contributed by atoms with E-state index in [4.69, 9.17) is 9.47 Å². The fourth-order valence-corrected chi connectivity index (χ4v) is 3.35. The Morgan fingerprint density at radius 1 is 1.26 bits per heavy atom. The Morgan fingerprint density at radius 3 is 2.39 bits per heavy atom. The molecule has 0 fully saturated rings. The van der Waals surface area contributed by atoms with Gasteiger partial charge in [0.25, 0.3) is 0 Å². The average molecular weight is 344 g/mol. The first-order valence-electron chi connectivity index (χ1n) is 6.58. The molecule has 0 unspecified atom stereocenters. The molecule has 1 heterocycles. The SMILES string of the molecule is COc1cc(F)c(S(=O)(=O)N[C@@H](C)c2nncn2C)cc1OC. The van der Waals surface area contributed by atoms with Crippen LogP contribution >= 0.6 is 0 Å². The van der Waals surface area contributed by atoms with Crippen molar-refractivity contribution in [3.05, 3.63) is 30.1 Å². The number of aryl methyl sites for hydroxylation is 1. The highest BCUT2D eigenvalue weighted by molar-refractivity contribution is 7.89. The van der Waals surface area contributed by atoms with Crippen LogP contribution < -0.4 is 14.2 Å². The fraction of sp³-hybridized carbons (Fsp3) is 0.385. The highest BCUT2D eigenvalue weighted by Gasteiger charge is 2.26. The van der Waals surface area contributed by atoms with E-state index >= 15 is 0 Å². The van der Waals surface area contributed by atoms with E-state index < -0.39 is 26.8 Å². The van der Waals surface area contributed by atoms with Crippen LogP contribution in [0.2, 0.25) is 0 Å². The van der Waals surface area contributed by atoms with Crippen molar-refractivity contribution in [1.29, 1.82) is 0 Å². The van der Waals surface area contributed by atoms with Crippen molar-refractivity contribution in [2.45, 2.75) is 17.9 Å². The van der Waals surface area contributed by atoms with Gasteiger partial charge in [-0.2, -0.15) is 0 Å². The zero-order valence-electron chi connectivity index (χ0n) is 13.1. The molecule has 0 amide bonds. The number of aromatic nitrogens is 3. The number of nitrogens with zero attached hydrogens (tertiary/aromatic N) is 3. The zero-order chi connectivity index (χ0) is 17.2. The van der Waals surface area contributed by atoms with Gasteiger partial charge >= 0.3 is 0 Å². The summed E-state index contributed by atoms with van der Waals surface area (Å²) in [6, 6.07) is 1.33. The van der Waals surface area contributed by atoms with Crippen LogP contribution in [0.3, 0.4) is 0 Å². The van der Waals surface area contributed by atoms with Crippen molar-refractivity contribution in [2.75, 3.05) is 14.2 Å². The van der Waals surface area contributed by atoms with Gasteiger partial charge in [0.1, 0.15) is 22.9 Å². The topological polar surface area (TPSA) is 95.3 Å². The lowest BCUT2D eigenvalue weighted by atomic mass is 10.3. The van der Waals surface area contributed by atoms with Crippen molar-refractivity contribution in [1.82, 2.24) is 19.5 Å². The molecule has 0 aliphatic carbocycles. The van der Waals surface area contributed by atoms with Gasteiger partial charge in [-0.1, -0.05) is 0 Å². The van der Waals surface area contributed by atoms with Crippen molar-refractivity contribution in [3.8, 4) is 11.5 Å². The molecule has 1 atom stereocenters. The van der Waals surface area contributed by atoms with Crippen LogP contribution in [0.1, 0.15) is 18.8 Å². The van der Waals surface area contributed by atoms with Crippen LogP contribution in [0.15, 0.2) is 23.4 Å². The Bertz CT molecular complexity index is 806. The van der Waals surface area contributed by atoms with Gasteiger partial charge in [-0.25, -0.2) is 17.5 Å². The van der Waals surface area contributed by atoms with Gasteiger partial charge in [0, 0.05) is 19.2 Å². The summed E-state index contributed by atoms with van der Waals surface area (Å²) >= 11 is 0. The first kappa shape index (κ1) is 17.2. The summed E-state index contributed by atoms with van der Waals surface area (Å²) < 4.78 is 52.9. The molecule has 2 aromatic rings. The summed E-state index contributed by atoms with van der Waals surface area (Å²) in [6.07, 6.45) is 1.44. The summed E-state index contributed by atoms with van der Waals surface area (Å²) in [4.78, 5) is -0.538. The van der Waals surface area contributed by atoms with Gasteiger partial charge in [0.15, 0.2) is 11.5 Å². The molecule has 0 bridgehead atoms. The van der Waals surface area contributed by atoms with Gasteiger partial charge in [0.05, 0.1) is 20.3 Å². The van der Waals surface area contributed by atoms with E-state index in [1.54, 1.807) is 18.5 Å². The Labute approximate surface area is 133 Å². The molecule has 0 saturated carbocycles. The fourth-order valence-electron chi connectivity index (χ4n) is 2.07. The standard InChI is InChI=1S/C13H17FN4O4S/c1-8(13-16-15-7-18(13)2)17-23(19,20)12-6-11(22-4)10(21-3)5-9(12)14/h5-8,17H,1-4H3/t8-/m0/s1. The summed E-state index contributed by atoms with van der Waals surface area (Å²) in [6.45, 7) is 1.58. The summed E-state index contributed by atoms with van der Waals surface area (Å²) in [5.41, 5.74) is 0. The molecule has 126 valence electrons. The van der Waals surface area contributed by atoms with E-state index in [0.29, 0.717) is 5.82 Å². The van der Waals surface area contributed by atoms with E-state index in [9.17, 15) is 12.8 Å². The first-order chi connectivity index (χ1) is 10.8. The molecule has 10 heteroatoms. The van der Waals surface area contributed by atoms with E-state index in [0.717, 1.165) is 12.1 Å². The third-order valence-corrected chi connectivity index (χ3v) is 4.75. The Balaban J connectivity index is 2.38. The monoisotopic (exact) mass is 344 g/mol. The minimum absolute atomic E-state index is 0.102. The maximum absolute atomic E-state index is 14.1. The van der Waals surface area contributed by atoms with E-state index in [1.807, 2.05) is 0 Å². The number of nitrogens with one attached hydrogen (secondary N) is 1. The Morgan fingerprint density at radius 2 is 1.87 bits per heavy atom. The number of methoxy groups -OCH3 is 2. The summed E-state index contributed by atoms with van der Waals surface area (Å²) in [7, 11) is 0.214. The van der Waals surface area contributed by atoms with Crippen LogP contribution in [0.25, 0.3) is 0 Å². The quantitative estimate of drug-likeness (QED) is 0.840. The maximum atomic E-state index is 14.1. The second-order valence-corrected chi connectivity index (χ2v) is 6.46. The number of ether oxygens (including phenoxy) is 2. The van der Waals surface area contributed by atoms with Crippen molar-refractivity contribution < 1.29 is 22.3 Å². The van der Waals surface area contributed by atoms with Crippen molar-refractivity contribution in [2.24, 2.45) is 7.05 Å². The third kappa shape index (κ3) is 3.42. The maximum Gasteiger partial charge on any atom is 0.244 e. The number of benzene rings is 1. The minimum Gasteiger partial charge on any atom is -0.493 e. The van der Waals surface area contributed by atoms with Gasteiger partial charge < -0.3 is 14.0 Å². The molecular weight excluding hydrogens is 327 g/mol. The summed E-state index contributed by atoms with van der Waals surface area (Å²) in [5, 5.41) is 7.51. The van der Waals surface area contributed by atoms with Crippen LogP contribution in [0.5, 0.6) is 11.5 Å². The minimum atomic E-state index is -4.13. The number of sulfonamides is 1. The number of halogens is 1. The van der Waals surface area contributed by atoms with Crippen LogP contribution in [0, 0.1) is 5.82 Å². The lowest BCUT2D eigenvalue weighted by Gasteiger charge is -2.15. The highest BCUT2D eigenvalue weighted by atomic mass is 32.2. The van der Waals surface area contributed by atoms with Gasteiger partial charge in [-0.15, -0.1) is 10.2 Å². The second kappa shape index (κ2) is 6.50. The molecule has 0 radical (unpaired) electrons. The molecule has 1 N–H and O–H groups in total. The molecule has 23 heavy (non-hydrogen) atoms. The second-order valence-electron chi connectivity index (χ2n) is 4.78. The normalized spacial score (nSPS) is 12.9.